The molecule has 190 valence electrons. The van der Waals surface area contributed by atoms with E-state index in [0.717, 1.165) is 27.9 Å². The number of carboxylic acids is 1. The van der Waals surface area contributed by atoms with Gasteiger partial charge in [0.1, 0.15) is 29.3 Å². The molecule has 0 aliphatic carbocycles. The molecule has 5 rings (SSSR count). The van der Waals surface area contributed by atoms with Gasteiger partial charge in [0.05, 0.1) is 31.7 Å². The number of carbonyl (C=O) groups is 2. The predicted octanol–water partition coefficient (Wildman–Crippen LogP) is 4.25. The summed E-state index contributed by atoms with van der Waals surface area (Å²) >= 11 is 0. The molecule has 1 amide bonds. The van der Waals surface area contributed by atoms with Gasteiger partial charge in [-0.3, -0.25) is 4.79 Å². The molecular weight excluding hydrogens is 474 g/mol. The van der Waals surface area contributed by atoms with Crippen molar-refractivity contribution >= 4 is 28.7 Å². The minimum atomic E-state index is -1.09. The van der Waals surface area contributed by atoms with Gasteiger partial charge in [0.25, 0.3) is 5.91 Å². The van der Waals surface area contributed by atoms with E-state index < -0.39 is 5.97 Å². The number of carbonyl (C=O) groups excluding carboxylic acids is 1. The highest BCUT2D eigenvalue weighted by atomic mass is 16.5. The summed E-state index contributed by atoms with van der Waals surface area (Å²) in [6.07, 6.45) is 1.52. The van der Waals surface area contributed by atoms with E-state index in [1.54, 1.807) is 20.3 Å². The first-order chi connectivity index (χ1) is 17.8. The zero-order valence-electron chi connectivity index (χ0n) is 21.0. The van der Waals surface area contributed by atoms with Crippen molar-refractivity contribution in [3.05, 3.63) is 65.1 Å². The van der Waals surface area contributed by atoms with Crippen LogP contribution in [0.15, 0.2) is 42.7 Å². The topological polar surface area (TPSA) is 128 Å². The molecule has 3 heterocycles. The van der Waals surface area contributed by atoms with Crippen LogP contribution in [0.2, 0.25) is 0 Å². The fourth-order valence-corrected chi connectivity index (χ4v) is 4.85. The summed E-state index contributed by atoms with van der Waals surface area (Å²) in [7, 11) is 3.21. The van der Waals surface area contributed by atoms with Crippen molar-refractivity contribution in [2.24, 2.45) is 0 Å². The summed E-state index contributed by atoms with van der Waals surface area (Å²) in [5.41, 5.74) is 4.31. The molecule has 0 fully saturated rings. The van der Waals surface area contributed by atoms with E-state index in [1.807, 2.05) is 18.2 Å². The SMILES string of the molecule is COc1ccc(CNc2ncnc3c2c2c(n3C(C)C)CNC(=O)c3cc(C(=O)O)ccc3-2)c(OC)c1. The number of methoxy groups -OCH3 is 2. The number of fused-ring (bicyclic) bond motifs is 5. The maximum Gasteiger partial charge on any atom is 0.335 e. The molecule has 37 heavy (non-hydrogen) atoms. The monoisotopic (exact) mass is 501 g/mol. The van der Waals surface area contributed by atoms with Crippen molar-refractivity contribution in [1.29, 1.82) is 0 Å². The van der Waals surface area contributed by atoms with Crippen LogP contribution in [0.4, 0.5) is 5.82 Å². The van der Waals surface area contributed by atoms with Crippen LogP contribution < -0.4 is 20.1 Å². The van der Waals surface area contributed by atoms with Crippen LogP contribution in [-0.4, -0.2) is 45.7 Å². The van der Waals surface area contributed by atoms with Gasteiger partial charge in [-0.25, -0.2) is 14.8 Å². The van der Waals surface area contributed by atoms with Crippen molar-refractivity contribution in [2.45, 2.75) is 33.0 Å². The standard InChI is InChI=1S/C27H27N5O5/c1-14(2)32-20-12-29-26(33)19-9-15(27(34)35)6-8-18(19)22(20)23-24(30-13-31-25(23)32)28-11-16-5-7-17(36-3)10-21(16)37-4/h5-10,13-14H,11-12H2,1-4H3,(H,29,33)(H,34,35)(H,28,30,31). The Hall–Kier alpha value is -4.60. The number of hydrogen-bond acceptors (Lipinski definition) is 7. The van der Waals surface area contributed by atoms with E-state index in [0.29, 0.717) is 35.0 Å². The number of rotatable bonds is 7. The number of benzene rings is 2. The zero-order chi connectivity index (χ0) is 26.3. The molecule has 0 radical (unpaired) electrons. The van der Waals surface area contributed by atoms with Crippen LogP contribution in [0.5, 0.6) is 11.5 Å². The van der Waals surface area contributed by atoms with E-state index in [1.165, 1.54) is 18.5 Å². The summed E-state index contributed by atoms with van der Waals surface area (Å²) in [4.78, 5) is 33.8. The highest BCUT2D eigenvalue weighted by Gasteiger charge is 2.30. The van der Waals surface area contributed by atoms with Crippen molar-refractivity contribution in [1.82, 2.24) is 19.9 Å². The fourth-order valence-electron chi connectivity index (χ4n) is 4.85. The van der Waals surface area contributed by atoms with E-state index in [9.17, 15) is 14.7 Å². The normalized spacial score (nSPS) is 12.5. The molecule has 10 nitrogen and oxygen atoms in total. The first-order valence-electron chi connectivity index (χ1n) is 11.8. The molecule has 1 aliphatic rings. The Labute approximate surface area is 213 Å². The second-order valence-electron chi connectivity index (χ2n) is 8.99. The van der Waals surface area contributed by atoms with Gasteiger partial charge in [-0.1, -0.05) is 6.07 Å². The smallest absolute Gasteiger partial charge is 0.335 e. The highest BCUT2D eigenvalue weighted by Crippen LogP contribution is 2.42. The first kappa shape index (κ1) is 24.1. The number of nitrogens with one attached hydrogen (secondary N) is 2. The number of hydrogen-bond donors (Lipinski definition) is 3. The lowest BCUT2D eigenvalue weighted by molar-refractivity contribution is 0.0697. The van der Waals surface area contributed by atoms with Gasteiger partial charge in [0, 0.05) is 41.0 Å². The molecule has 4 aromatic rings. The molecule has 0 spiro atoms. The fraction of sp³-hybridized carbons (Fsp3) is 0.259. The van der Waals surface area contributed by atoms with Gasteiger partial charge in [-0.2, -0.15) is 0 Å². The Morgan fingerprint density at radius 3 is 2.65 bits per heavy atom. The van der Waals surface area contributed by atoms with Crippen LogP contribution in [0.25, 0.3) is 22.2 Å². The molecule has 0 saturated heterocycles. The van der Waals surface area contributed by atoms with Gasteiger partial charge >= 0.3 is 5.97 Å². The molecule has 2 aromatic heterocycles. The Bertz CT molecular complexity index is 1540. The van der Waals surface area contributed by atoms with E-state index in [2.05, 4.69) is 39.0 Å². The van der Waals surface area contributed by atoms with Gasteiger partial charge in [0.15, 0.2) is 0 Å². The number of carboxylic acid groups (broad SMARTS) is 1. The van der Waals surface area contributed by atoms with Gasteiger partial charge in [0.2, 0.25) is 0 Å². The van der Waals surface area contributed by atoms with Crippen molar-refractivity contribution in [2.75, 3.05) is 19.5 Å². The third kappa shape index (κ3) is 4.10. The quantitative estimate of drug-likeness (QED) is 0.343. The average molecular weight is 502 g/mol. The molecule has 0 atom stereocenters. The molecular formula is C27H27N5O5. The maximum absolute atomic E-state index is 13.0. The third-order valence-corrected chi connectivity index (χ3v) is 6.54. The van der Waals surface area contributed by atoms with Crippen molar-refractivity contribution in [3.8, 4) is 22.6 Å². The van der Waals surface area contributed by atoms with Crippen molar-refractivity contribution in [3.63, 3.8) is 0 Å². The molecule has 3 N–H and O–H groups in total. The van der Waals surface area contributed by atoms with Crippen LogP contribution in [0, 0.1) is 0 Å². The van der Waals surface area contributed by atoms with Crippen LogP contribution >= 0.6 is 0 Å². The summed E-state index contributed by atoms with van der Waals surface area (Å²) < 4.78 is 12.9. The number of aromatic carboxylic acids is 1. The Balaban J connectivity index is 1.70. The second kappa shape index (κ2) is 9.45. The molecule has 10 heteroatoms. The third-order valence-electron chi connectivity index (χ3n) is 6.54. The highest BCUT2D eigenvalue weighted by molar-refractivity contribution is 6.11. The van der Waals surface area contributed by atoms with Gasteiger partial charge in [-0.15, -0.1) is 0 Å². The number of aromatic nitrogens is 3. The summed E-state index contributed by atoms with van der Waals surface area (Å²) in [6.45, 7) is 4.80. The van der Waals surface area contributed by atoms with E-state index in [4.69, 9.17) is 9.47 Å². The largest absolute Gasteiger partial charge is 0.497 e. The Morgan fingerprint density at radius 2 is 1.95 bits per heavy atom. The van der Waals surface area contributed by atoms with Crippen LogP contribution in [-0.2, 0) is 13.1 Å². The zero-order valence-corrected chi connectivity index (χ0v) is 21.0. The summed E-state index contributed by atoms with van der Waals surface area (Å²) in [6, 6.07) is 10.3. The Morgan fingerprint density at radius 1 is 1.14 bits per heavy atom. The number of anilines is 1. The minimum absolute atomic E-state index is 0.0474. The predicted molar refractivity (Wildman–Crippen MR) is 138 cm³/mol. The summed E-state index contributed by atoms with van der Waals surface area (Å²) in [5.74, 6) is 0.549. The Kier molecular flexibility index (Phi) is 6.16. The van der Waals surface area contributed by atoms with Crippen LogP contribution in [0.1, 0.15) is 51.9 Å². The van der Waals surface area contributed by atoms with Gasteiger partial charge < -0.3 is 29.8 Å². The number of ether oxygens (including phenoxy) is 2. The first-order valence-corrected chi connectivity index (χ1v) is 11.8. The lowest BCUT2D eigenvalue weighted by atomic mass is 9.96. The second-order valence-corrected chi connectivity index (χ2v) is 8.99. The lowest BCUT2D eigenvalue weighted by Crippen LogP contribution is -2.23. The number of amides is 1. The molecule has 1 aliphatic heterocycles. The van der Waals surface area contributed by atoms with E-state index >= 15 is 0 Å². The van der Waals surface area contributed by atoms with E-state index in [-0.39, 0.29) is 24.1 Å². The average Bonchev–Trinajstić information content (AvgIpc) is 3.17. The maximum atomic E-state index is 13.0. The lowest BCUT2D eigenvalue weighted by Gasteiger charge is -2.14. The molecule has 0 bridgehead atoms. The molecule has 0 saturated carbocycles. The van der Waals surface area contributed by atoms with Crippen LogP contribution in [0.3, 0.4) is 0 Å². The van der Waals surface area contributed by atoms with Crippen molar-refractivity contribution < 1.29 is 24.2 Å². The molecule has 2 aromatic carbocycles. The minimum Gasteiger partial charge on any atom is -0.497 e. The summed E-state index contributed by atoms with van der Waals surface area (Å²) in [5, 5.41) is 16.6. The van der Waals surface area contributed by atoms with Gasteiger partial charge in [-0.05, 0) is 43.7 Å². The number of nitrogens with zero attached hydrogens (tertiary/aromatic N) is 3. The molecule has 0 unspecified atom stereocenters.